The van der Waals surface area contributed by atoms with E-state index in [1.165, 1.54) is 5.56 Å². The monoisotopic (exact) mass is 262 g/mol. The number of ether oxygens (including phenoxy) is 1. The van der Waals surface area contributed by atoms with E-state index in [1.807, 2.05) is 0 Å². The molecule has 1 saturated carbocycles. The van der Waals surface area contributed by atoms with E-state index in [9.17, 15) is 0 Å². The van der Waals surface area contributed by atoms with Crippen molar-refractivity contribution >= 4 is 5.69 Å². The van der Waals surface area contributed by atoms with Crippen molar-refractivity contribution in [3.8, 4) is 5.75 Å². The van der Waals surface area contributed by atoms with Gasteiger partial charge in [-0.1, -0.05) is 13.0 Å². The molecule has 3 heteroatoms. The van der Waals surface area contributed by atoms with Crippen LogP contribution in [0.3, 0.4) is 0 Å². The Balaban J connectivity index is 2.02. The van der Waals surface area contributed by atoms with E-state index < -0.39 is 0 Å². The Bertz CT molecular complexity index is 398. The zero-order chi connectivity index (χ0) is 13.7. The van der Waals surface area contributed by atoms with Crippen LogP contribution < -0.4 is 15.8 Å². The quantitative estimate of drug-likeness (QED) is 0.854. The summed E-state index contributed by atoms with van der Waals surface area (Å²) in [4.78, 5) is 0. The fourth-order valence-electron chi connectivity index (χ4n) is 2.56. The van der Waals surface area contributed by atoms with Gasteiger partial charge in [0.15, 0.2) is 0 Å². The number of nitrogens with one attached hydrogen (secondary N) is 1. The number of hydrogen-bond donors (Lipinski definition) is 2. The minimum atomic E-state index is 0.395. The number of aryl methyl sites for hydroxylation is 1. The van der Waals surface area contributed by atoms with Gasteiger partial charge in [0.2, 0.25) is 0 Å². The molecule has 0 radical (unpaired) electrons. The van der Waals surface area contributed by atoms with Crippen molar-refractivity contribution in [2.24, 2.45) is 5.73 Å². The van der Waals surface area contributed by atoms with E-state index >= 15 is 0 Å². The number of rotatable bonds is 5. The maximum atomic E-state index is 5.95. The van der Waals surface area contributed by atoms with Crippen LogP contribution in [0, 0.1) is 6.92 Å². The van der Waals surface area contributed by atoms with Gasteiger partial charge in [-0.2, -0.15) is 0 Å². The molecule has 0 unspecified atom stereocenters. The normalized spacial score (nSPS) is 23.1. The fraction of sp³-hybridized carbons (Fsp3) is 0.625. The first kappa shape index (κ1) is 14.2. The fourth-order valence-corrected chi connectivity index (χ4v) is 2.56. The first-order valence-electron chi connectivity index (χ1n) is 7.44. The maximum absolute atomic E-state index is 5.95. The molecule has 0 heterocycles. The molecule has 0 amide bonds. The summed E-state index contributed by atoms with van der Waals surface area (Å²) < 4.78 is 5.84. The van der Waals surface area contributed by atoms with Crippen LogP contribution in [0.4, 0.5) is 5.69 Å². The van der Waals surface area contributed by atoms with Gasteiger partial charge in [0.25, 0.3) is 0 Å². The summed E-state index contributed by atoms with van der Waals surface area (Å²) >= 11 is 0. The first-order chi connectivity index (χ1) is 9.19. The molecule has 1 aliphatic rings. The smallest absolute Gasteiger partial charge is 0.142 e. The standard InChI is InChI=1S/C16H26N2O/c1-3-10-19-16-11-12(2)4-9-15(16)18-14-7-5-13(17)6-8-14/h4,9,11,13-14,18H,3,5-8,10,17H2,1-2H3. The predicted molar refractivity (Wildman–Crippen MR) is 80.8 cm³/mol. The maximum Gasteiger partial charge on any atom is 0.142 e. The lowest BCUT2D eigenvalue weighted by atomic mass is 9.91. The predicted octanol–water partition coefficient (Wildman–Crippen LogP) is 3.47. The zero-order valence-electron chi connectivity index (χ0n) is 12.1. The van der Waals surface area contributed by atoms with E-state index in [-0.39, 0.29) is 0 Å². The summed E-state index contributed by atoms with van der Waals surface area (Å²) in [5.41, 5.74) is 8.32. The first-order valence-corrected chi connectivity index (χ1v) is 7.44. The molecule has 106 valence electrons. The van der Waals surface area contributed by atoms with Gasteiger partial charge in [-0.3, -0.25) is 0 Å². The van der Waals surface area contributed by atoms with Crippen molar-refractivity contribution in [2.75, 3.05) is 11.9 Å². The summed E-state index contributed by atoms with van der Waals surface area (Å²) in [6.45, 7) is 5.00. The average Bonchev–Trinajstić information content (AvgIpc) is 2.41. The lowest BCUT2D eigenvalue weighted by Crippen LogP contribution is -2.32. The van der Waals surface area contributed by atoms with Gasteiger partial charge in [-0.15, -0.1) is 0 Å². The Kier molecular flexibility index (Phi) is 5.08. The van der Waals surface area contributed by atoms with Gasteiger partial charge in [-0.25, -0.2) is 0 Å². The zero-order valence-corrected chi connectivity index (χ0v) is 12.1. The van der Waals surface area contributed by atoms with E-state index in [0.29, 0.717) is 12.1 Å². The van der Waals surface area contributed by atoms with Crippen molar-refractivity contribution in [1.29, 1.82) is 0 Å². The highest BCUT2D eigenvalue weighted by atomic mass is 16.5. The molecule has 1 fully saturated rings. The summed E-state index contributed by atoms with van der Waals surface area (Å²) in [5, 5.41) is 3.63. The van der Waals surface area contributed by atoms with Crippen LogP contribution in [-0.2, 0) is 0 Å². The molecular formula is C16H26N2O. The SMILES string of the molecule is CCCOc1cc(C)ccc1NC1CCC(N)CC1. The topological polar surface area (TPSA) is 47.3 Å². The third-order valence-corrected chi connectivity index (χ3v) is 3.73. The van der Waals surface area contributed by atoms with Crippen LogP contribution in [-0.4, -0.2) is 18.7 Å². The minimum absolute atomic E-state index is 0.395. The Morgan fingerprint density at radius 1 is 1.26 bits per heavy atom. The second-order valence-corrected chi connectivity index (χ2v) is 5.60. The van der Waals surface area contributed by atoms with Crippen LogP contribution in [0.2, 0.25) is 0 Å². The Morgan fingerprint density at radius 3 is 2.68 bits per heavy atom. The Morgan fingerprint density at radius 2 is 2.00 bits per heavy atom. The number of nitrogens with two attached hydrogens (primary N) is 1. The van der Waals surface area contributed by atoms with E-state index in [4.69, 9.17) is 10.5 Å². The molecule has 0 spiro atoms. The van der Waals surface area contributed by atoms with Crippen molar-refractivity contribution < 1.29 is 4.74 Å². The molecule has 1 aromatic rings. The van der Waals surface area contributed by atoms with Gasteiger partial charge in [0, 0.05) is 12.1 Å². The van der Waals surface area contributed by atoms with Crippen molar-refractivity contribution in [3.05, 3.63) is 23.8 Å². The Hall–Kier alpha value is -1.22. The summed E-state index contributed by atoms with van der Waals surface area (Å²) in [6.07, 6.45) is 5.58. The molecule has 3 N–H and O–H groups in total. The van der Waals surface area contributed by atoms with Crippen LogP contribution in [0.1, 0.15) is 44.6 Å². The summed E-state index contributed by atoms with van der Waals surface area (Å²) in [6, 6.07) is 7.32. The Labute approximate surface area is 116 Å². The van der Waals surface area contributed by atoms with Gasteiger partial charge in [-0.05, 0) is 56.7 Å². The summed E-state index contributed by atoms with van der Waals surface area (Å²) in [7, 11) is 0. The van der Waals surface area contributed by atoms with Crippen LogP contribution in [0.15, 0.2) is 18.2 Å². The highest BCUT2D eigenvalue weighted by Crippen LogP contribution is 2.29. The highest BCUT2D eigenvalue weighted by molar-refractivity contribution is 5.58. The molecule has 3 nitrogen and oxygen atoms in total. The second kappa shape index (κ2) is 6.80. The van der Waals surface area contributed by atoms with Crippen molar-refractivity contribution in [3.63, 3.8) is 0 Å². The third-order valence-electron chi connectivity index (χ3n) is 3.73. The van der Waals surface area contributed by atoms with E-state index in [2.05, 4.69) is 37.4 Å². The highest BCUT2D eigenvalue weighted by Gasteiger charge is 2.19. The van der Waals surface area contributed by atoms with Crippen molar-refractivity contribution in [2.45, 2.75) is 58.0 Å². The number of benzene rings is 1. The third kappa shape index (κ3) is 4.13. The van der Waals surface area contributed by atoms with Gasteiger partial charge < -0.3 is 15.8 Å². The minimum Gasteiger partial charge on any atom is -0.491 e. The molecule has 0 aromatic heterocycles. The molecule has 2 rings (SSSR count). The second-order valence-electron chi connectivity index (χ2n) is 5.60. The number of anilines is 1. The lowest BCUT2D eigenvalue weighted by molar-refractivity contribution is 0.317. The molecule has 0 atom stereocenters. The molecule has 1 aromatic carbocycles. The molecule has 19 heavy (non-hydrogen) atoms. The molecule has 1 aliphatic carbocycles. The molecular weight excluding hydrogens is 236 g/mol. The largest absolute Gasteiger partial charge is 0.491 e. The van der Waals surface area contributed by atoms with Gasteiger partial charge in [0.1, 0.15) is 5.75 Å². The molecule has 0 bridgehead atoms. The van der Waals surface area contributed by atoms with Crippen LogP contribution in [0.25, 0.3) is 0 Å². The molecule has 0 saturated heterocycles. The lowest BCUT2D eigenvalue weighted by Gasteiger charge is -2.28. The van der Waals surface area contributed by atoms with Crippen LogP contribution >= 0.6 is 0 Å². The van der Waals surface area contributed by atoms with E-state index in [1.54, 1.807) is 0 Å². The number of hydrogen-bond acceptors (Lipinski definition) is 3. The van der Waals surface area contributed by atoms with E-state index in [0.717, 1.165) is 50.1 Å². The van der Waals surface area contributed by atoms with Crippen molar-refractivity contribution in [1.82, 2.24) is 0 Å². The van der Waals surface area contributed by atoms with Crippen LogP contribution in [0.5, 0.6) is 5.75 Å². The van der Waals surface area contributed by atoms with Gasteiger partial charge >= 0.3 is 0 Å². The average molecular weight is 262 g/mol. The van der Waals surface area contributed by atoms with Gasteiger partial charge in [0.05, 0.1) is 12.3 Å². The summed E-state index contributed by atoms with van der Waals surface area (Å²) in [5.74, 6) is 0.983. The molecule has 0 aliphatic heterocycles.